The van der Waals surface area contributed by atoms with Crippen molar-refractivity contribution in [2.24, 2.45) is 0 Å². The molecule has 0 aliphatic carbocycles. The highest BCUT2D eigenvalue weighted by molar-refractivity contribution is 9.10. The van der Waals surface area contributed by atoms with Gasteiger partial charge in [-0.05, 0) is 66.2 Å². The van der Waals surface area contributed by atoms with Gasteiger partial charge in [0.25, 0.3) is 11.1 Å². The summed E-state index contributed by atoms with van der Waals surface area (Å²) in [6.45, 7) is 2.64. The standard InChI is InChI=1S/C25H19BrClNO3S/c1-16-3-2-4-18(11-16)15-31-22-10-7-20(26)12-19(22)13-23-24(29)28(25(30)32-23)14-17-5-8-21(27)9-6-17/h2-13H,14-15H2,1H3/b23-13-. The Labute approximate surface area is 204 Å². The maximum Gasteiger partial charge on any atom is 0.293 e. The first-order valence-corrected chi connectivity index (χ1v) is 11.9. The predicted octanol–water partition coefficient (Wildman–Crippen LogP) is 7.23. The molecular weight excluding hydrogens is 510 g/mol. The number of benzene rings is 3. The molecule has 0 unspecified atom stereocenters. The van der Waals surface area contributed by atoms with Crippen LogP contribution in [-0.4, -0.2) is 16.0 Å². The number of aryl methyl sites for hydroxylation is 1. The lowest BCUT2D eigenvalue weighted by Crippen LogP contribution is -2.27. The normalized spacial score (nSPS) is 15.0. The minimum atomic E-state index is -0.320. The second-order valence-electron chi connectivity index (χ2n) is 7.35. The number of carbonyl (C=O) groups excluding carboxylic acids is 2. The van der Waals surface area contributed by atoms with Crippen molar-refractivity contribution in [3.63, 3.8) is 0 Å². The van der Waals surface area contributed by atoms with Crippen LogP contribution in [0.2, 0.25) is 5.02 Å². The van der Waals surface area contributed by atoms with Crippen LogP contribution in [0.1, 0.15) is 22.3 Å². The molecular formula is C25H19BrClNO3S. The van der Waals surface area contributed by atoms with Gasteiger partial charge in [-0.15, -0.1) is 0 Å². The molecule has 1 saturated heterocycles. The monoisotopic (exact) mass is 527 g/mol. The third-order valence-electron chi connectivity index (χ3n) is 4.86. The molecule has 0 N–H and O–H groups in total. The van der Waals surface area contributed by atoms with E-state index in [9.17, 15) is 9.59 Å². The van der Waals surface area contributed by atoms with Gasteiger partial charge in [-0.25, -0.2) is 0 Å². The molecule has 162 valence electrons. The van der Waals surface area contributed by atoms with Gasteiger partial charge < -0.3 is 4.74 Å². The molecule has 4 nitrogen and oxygen atoms in total. The summed E-state index contributed by atoms with van der Waals surface area (Å²) in [6, 6.07) is 20.8. The molecule has 1 heterocycles. The molecule has 1 fully saturated rings. The quantitative estimate of drug-likeness (QED) is 0.317. The molecule has 0 bridgehead atoms. The maximum atomic E-state index is 12.9. The second-order valence-corrected chi connectivity index (χ2v) is 9.70. The Hall–Kier alpha value is -2.54. The number of ether oxygens (including phenoxy) is 1. The molecule has 3 aromatic carbocycles. The third kappa shape index (κ3) is 5.44. The van der Waals surface area contributed by atoms with Crippen LogP contribution in [-0.2, 0) is 17.9 Å². The molecule has 1 aliphatic rings. The van der Waals surface area contributed by atoms with Crippen molar-refractivity contribution in [3.8, 4) is 5.75 Å². The van der Waals surface area contributed by atoms with Crippen LogP contribution in [0, 0.1) is 6.92 Å². The van der Waals surface area contributed by atoms with Crippen molar-refractivity contribution < 1.29 is 14.3 Å². The molecule has 3 aromatic rings. The summed E-state index contributed by atoms with van der Waals surface area (Å²) in [7, 11) is 0. The van der Waals surface area contributed by atoms with Gasteiger partial charge in [0.2, 0.25) is 0 Å². The molecule has 0 radical (unpaired) electrons. The van der Waals surface area contributed by atoms with Crippen molar-refractivity contribution >= 4 is 56.5 Å². The fourth-order valence-corrected chi connectivity index (χ4v) is 4.61. The van der Waals surface area contributed by atoms with E-state index in [0.29, 0.717) is 22.3 Å². The predicted molar refractivity (Wildman–Crippen MR) is 133 cm³/mol. The maximum absolute atomic E-state index is 12.9. The van der Waals surface area contributed by atoms with Crippen LogP contribution in [0.4, 0.5) is 4.79 Å². The van der Waals surface area contributed by atoms with Crippen molar-refractivity contribution in [2.45, 2.75) is 20.1 Å². The summed E-state index contributed by atoms with van der Waals surface area (Å²) < 4.78 is 6.90. The highest BCUT2D eigenvalue weighted by Gasteiger charge is 2.35. The smallest absolute Gasteiger partial charge is 0.293 e. The first-order chi connectivity index (χ1) is 15.4. The number of carbonyl (C=O) groups is 2. The van der Waals surface area contributed by atoms with E-state index in [2.05, 4.69) is 22.0 Å². The number of thioether (sulfide) groups is 1. The minimum absolute atomic E-state index is 0.203. The topological polar surface area (TPSA) is 46.6 Å². The largest absolute Gasteiger partial charge is 0.488 e. The Bertz CT molecular complexity index is 1210. The summed E-state index contributed by atoms with van der Waals surface area (Å²) in [5.74, 6) is 0.318. The van der Waals surface area contributed by atoms with Gasteiger partial charge in [0.1, 0.15) is 12.4 Å². The molecule has 0 spiro atoms. The van der Waals surface area contributed by atoms with Crippen LogP contribution in [0.25, 0.3) is 6.08 Å². The lowest BCUT2D eigenvalue weighted by molar-refractivity contribution is -0.123. The minimum Gasteiger partial charge on any atom is -0.488 e. The van der Waals surface area contributed by atoms with Crippen LogP contribution in [0.5, 0.6) is 5.75 Å². The number of imide groups is 1. The SMILES string of the molecule is Cc1cccc(COc2ccc(Br)cc2/C=C2\SC(=O)N(Cc3ccc(Cl)cc3)C2=O)c1. The molecule has 0 aromatic heterocycles. The average molecular weight is 529 g/mol. The Morgan fingerprint density at radius 2 is 1.81 bits per heavy atom. The number of amides is 2. The molecule has 7 heteroatoms. The summed E-state index contributed by atoms with van der Waals surface area (Å²) in [5, 5.41) is 0.309. The highest BCUT2D eigenvalue weighted by atomic mass is 79.9. The van der Waals surface area contributed by atoms with Crippen LogP contribution >= 0.6 is 39.3 Å². The fraction of sp³-hybridized carbons (Fsp3) is 0.120. The Morgan fingerprint density at radius 3 is 2.56 bits per heavy atom. The van der Waals surface area contributed by atoms with Gasteiger partial charge >= 0.3 is 0 Å². The number of nitrogens with zero attached hydrogens (tertiary/aromatic N) is 1. The molecule has 2 amide bonds. The summed E-state index contributed by atoms with van der Waals surface area (Å²) in [4.78, 5) is 27.1. The van der Waals surface area contributed by atoms with Gasteiger partial charge in [-0.2, -0.15) is 0 Å². The van der Waals surface area contributed by atoms with Gasteiger partial charge in [0, 0.05) is 15.1 Å². The first kappa shape index (κ1) is 22.6. The first-order valence-electron chi connectivity index (χ1n) is 9.87. The van der Waals surface area contributed by atoms with Crippen LogP contribution < -0.4 is 4.74 Å². The average Bonchev–Trinajstić information content (AvgIpc) is 3.02. The van der Waals surface area contributed by atoms with Crippen LogP contribution in [0.3, 0.4) is 0 Å². The van der Waals surface area contributed by atoms with Crippen molar-refractivity contribution in [3.05, 3.63) is 103 Å². The molecule has 0 atom stereocenters. The van der Waals surface area contributed by atoms with E-state index in [-0.39, 0.29) is 17.7 Å². The Kier molecular flexibility index (Phi) is 7.04. The zero-order valence-electron chi connectivity index (χ0n) is 17.2. The Morgan fingerprint density at radius 1 is 1.03 bits per heavy atom. The van der Waals surface area contributed by atoms with E-state index in [4.69, 9.17) is 16.3 Å². The van der Waals surface area contributed by atoms with Gasteiger partial charge in [0.15, 0.2) is 0 Å². The zero-order valence-corrected chi connectivity index (χ0v) is 20.3. The van der Waals surface area contributed by atoms with E-state index in [1.807, 2.05) is 43.3 Å². The van der Waals surface area contributed by atoms with Crippen molar-refractivity contribution in [1.29, 1.82) is 0 Å². The van der Waals surface area contributed by atoms with E-state index in [1.54, 1.807) is 30.3 Å². The molecule has 0 saturated carbocycles. The number of rotatable bonds is 6. The number of hydrogen-bond acceptors (Lipinski definition) is 4. The third-order valence-corrected chi connectivity index (χ3v) is 6.52. The highest BCUT2D eigenvalue weighted by Crippen LogP contribution is 2.36. The van der Waals surface area contributed by atoms with Gasteiger partial charge in [-0.3, -0.25) is 14.5 Å². The van der Waals surface area contributed by atoms with E-state index < -0.39 is 0 Å². The van der Waals surface area contributed by atoms with E-state index >= 15 is 0 Å². The zero-order chi connectivity index (χ0) is 22.7. The summed E-state index contributed by atoms with van der Waals surface area (Å²) >= 11 is 10.3. The number of hydrogen-bond donors (Lipinski definition) is 0. The van der Waals surface area contributed by atoms with Gasteiger partial charge in [-0.1, -0.05) is 69.5 Å². The van der Waals surface area contributed by atoms with Crippen molar-refractivity contribution in [1.82, 2.24) is 4.90 Å². The molecule has 4 rings (SSSR count). The fourth-order valence-electron chi connectivity index (χ4n) is 3.28. The molecule has 1 aliphatic heterocycles. The van der Waals surface area contributed by atoms with Crippen LogP contribution in [0.15, 0.2) is 76.1 Å². The van der Waals surface area contributed by atoms with E-state index in [0.717, 1.165) is 38.5 Å². The van der Waals surface area contributed by atoms with E-state index in [1.165, 1.54) is 4.90 Å². The van der Waals surface area contributed by atoms with Gasteiger partial charge in [0.05, 0.1) is 11.4 Å². The summed E-state index contributed by atoms with van der Waals surface area (Å²) in [6.07, 6.45) is 1.71. The number of halogens is 2. The molecule has 32 heavy (non-hydrogen) atoms. The lowest BCUT2D eigenvalue weighted by Gasteiger charge is -2.13. The second kappa shape index (κ2) is 9.94. The summed E-state index contributed by atoms with van der Waals surface area (Å²) in [5.41, 5.74) is 3.78. The Balaban J connectivity index is 1.55. The van der Waals surface area contributed by atoms with Crippen molar-refractivity contribution in [2.75, 3.05) is 0 Å². The lowest BCUT2D eigenvalue weighted by atomic mass is 10.1.